The lowest BCUT2D eigenvalue weighted by Gasteiger charge is -2.22. The molecule has 0 aromatic heterocycles. The second-order valence-corrected chi connectivity index (χ2v) is 4.48. The molecule has 16 heavy (non-hydrogen) atoms. The second kappa shape index (κ2) is 4.36. The smallest absolute Gasteiger partial charge is 0.211 e. The molecule has 4 heteroatoms. The van der Waals surface area contributed by atoms with E-state index in [1.54, 1.807) is 12.1 Å². The Morgan fingerprint density at radius 1 is 1.38 bits per heavy atom. The van der Waals surface area contributed by atoms with E-state index in [2.05, 4.69) is 4.99 Å². The topological polar surface area (TPSA) is 29.4 Å². The van der Waals surface area contributed by atoms with Crippen LogP contribution in [0.3, 0.4) is 0 Å². The van der Waals surface area contributed by atoms with Crippen molar-refractivity contribution in [3.8, 4) is 0 Å². The maximum Gasteiger partial charge on any atom is 0.235 e. The van der Waals surface area contributed by atoms with Crippen LogP contribution in [0.2, 0.25) is 5.02 Å². The van der Waals surface area contributed by atoms with Crippen LogP contribution in [0, 0.1) is 5.82 Å². The van der Waals surface area contributed by atoms with E-state index >= 15 is 0 Å². The summed E-state index contributed by atoms with van der Waals surface area (Å²) in [5, 5.41) is 0.0898. The molecule has 0 heterocycles. The molecule has 84 valence electrons. The van der Waals surface area contributed by atoms with Gasteiger partial charge in [0.25, 0.3) is 0 Å². The van der Waals surface area contributed by atoms with E-state index in [-0.39, 0.29) is 5.02 Å². The number of carbonyl (C=O) groups excluding carboxylic acids is 1. The van der Waals surface area contributed by atoms with Crippen molar-refractivity contribution in [2.75, 3.05) is 0 Å². The molecule has 0 saturated heterocycles. The molecule has 0 atom stereocenters. The van der Waals surface area contributed by atoms with Gasteiger partial charge in [0.2, 0.25) is 6.08 Å². The standard InChI is InChI=1S/C12H11ClFNO/c13-10-4-3-9(7-11(10)14)12(15-8-16)5-1-2-6-12/h3-4,7H,1-2,5-6H2. The van der Waals surface area contributed by atoms with Crippen molar-refractivity contribution in [3.05, 3.63) is 34.6 Å². The molecule has 2 nitrogen and oxygen atoms in total. The van der Waals surface area contributed by atoms with Gasteiger partial charge in [-0.3, -0.25) is 0 Å². The van der Waals surface area contributed by atoms with Crippen LogP contribution in [-0.2, 0) is 10.3 Å². The maximum atomic E-state index is 13.4. The highest BCUT2D eigenvalue weighted by atomic mass is 35.5. The molecule has 0 spiro atoms. The van der Waals surface area contributed by atoms with Crippen LogP contribution in [0.25, 0.3) is 0 Å². The van der Waals surface area contributed by atoms with Gasteiger partial charge in [-0.25, -0.2) is 9.18 Å². The summed E-state index contributed by atoms with van der Waals surface area (Å²) in [6, 6.07) is 4.61. The summed E-state index contributed by atoms with van der Waals surface area (Å²) >= 11 is 5.63. The van der Waals surface area contributed by atoms with Crippen molar-refractivity contribution in [1.82, 2.24) is 0 Å². The Morgan fingerprint density at radius 3 is 2.62 bits per heavy atom. The van der Waals surface area contributed by atoms with Gasteiger partial charge in [-0.05, 0) is 30.5 Å². The summed E-state index contributed by atoms with van der Waals surface area (Å²) in [4.78, 5) is 14.4. The Morgan fingerprint density at radius 2 is 2.06 bits per heavy atom. The molecule has 0 amide bonds. The summed E-state index contributed by atoms with van der Waals surface area (Å²) in [7, 11) is 0. The van der Waals surface area contributed by atoms with Crippen molar-refractivity contribution in [2.24, 2.45) is 4.99 Å². The van der Waals surface area contributed by atoms with Gasteiger partial charge in [0.15, 0.2) is 0 Å². The monoisotopic (exact) mass is 239 g/mol. The minimum Gasteiger partial charge on any atom is -0.211 e. The van der Waals surface area contributed by atoms with Crippen molar-refractivity contribution < 1.29 is 9.18 Å². The average molecular weight is 240 g/mol. The minimum atomic E-state index is -0.576. The molecule has 1 aromatic carbocycles. The molecular formula is C12H11ClFNO. The van der Waals surface area contributed by atoms with Crippen molar-refractivity contribution >= 4 is 17.7 Å². The van der Waals surface area contributed by atoms with E-state index in [0.29, 0.717) is 0 Å². The lowest BCUT2D eigenvalue weighted by atomic mass is 9.89. The van der Waals surface area contributed by atoms with Crippen LogP contribution < -0.4 is 0 Å². The lowest BCUT2D eigenvalue weighted by molar-refractivity contribution is 0.452. The Balaban J connectivity index is 2.47. The number of hydrogen-bond acceptors (Lipinski definition) is 2. The van der Waals surface area contributed by atoms with Crippen LogP contribution in [0.5, 0.6) is 0 Å². The first-order valence-corrected chi connectivity index (χ1v) is 5.60. The summed E-state index contributed by atoms with van der Waals surface area (Å²) in [5.74, 6) is -0.466. The van der Waals surface area contributed by atoms with Crippen LogP contribution >= 0.6 is 11.6 Å². The summed E-state index contributed by atoms with van der Waals surface area (Å²) in [6.07, 6.45) is 5.13. The molecule has 1 saturated carbocycles. The van der Waals surface area contributed by atoms with Crippen molar-refractivity contribution in [3.63, 3.8) is 0 Å². The molecule has 2 rings (SSSR count). The molecule has 1 aromatic rings. The van der Waals surface area contributed by atoms with Gasteiger partial charge in [-0.2, -0.15) is 4.99 Å². The Bertz CT molecular complexity index is 448. The Kier molecular flexibility index (Phi) is 3.08. The van der Waals surface area contributed by atoms with E-state index in [1.807, 2.05) is 0 Å². The van der Waals surface area contributed by atoms with E-state index in [4.69, 9.17) is 11.6 Å². The second-order valence-electron chi connectivity index (χ2n) is 4.07. The predicted octanol–water partition coefficient (Wildman–Crippen LogP) is 3.58. The van der Waals surface area contributed by atoms with E-state index < -0.39 is 11.4 Å². The number of nitrogens with zero attached hydrogens (tertiary/aromatic N) is 1. The fraction of sp³-hybridized carbons (Fsp3) is 0.417. The Labute approximate surface area is 98.1 Å². The molecule has 0 unspecified atom stereocenters. The first-order valence-electron chi connectivity index (χ1n) is 5.22. The van der Waals surface area contributed by atoms with Gasteiger partial charge in [0.1, 0.15) is 5.82 Å². The first-order chi connectivity index (χ1) is 7.68. The van der Waals surface area contributed by atoms with Crippen LogP contribution in [0.1, 0.15) is 31.2 Å². The number of rotatable bonds is 2. The third-order valence-corrected chi connectivity index (χ3v) is 3.45. The molecular weight excluding hydrogens is 229 g/mol. The Hall–Kier alpha value is -1.18. The predicted molar refractivity (Wildman–Crippen MR) is 59.7 cm³/mol. The number of hydrogen-bond donors (Lipinski definition) is 0. The van der Waals surface area contributed by atoms with Crippen molar-refractivity contribution in [2.45, 2.75) is 31.2 Å². The molecule has 0 aliphatic heterocycles. The SMILES string of the molecule is O=C=NC1(c2ccc(Cl)c(F)c2)CCCC1. The molecule has 1 aliphatic rings. The number of aliphatic imine (C=N–C) groups is 1. The van der Waals surface area contributed by atoms with Crippen LogP contribution in [-0.4, -0.2) is 6.08 Å². The summed E-state index contributed by atoms with van der Waals surface area (Å²) in [6.45, 7) is 0. The average Bonchev–Trinajstić information content (AvgIpc) is 2.72. The fourth-order valence-corrected chi connectivity index (χ4v) is 2.42. The first kappa shape index (κ1) is 11.3. The highest BCUT2D eigenvalue weighted by Crippen LogP contribution is 2.42. The summed E-state index contributed by atoms with van der Waals surface area (Å²) < 4.78 is 13.4. The highest BCUT2D eigenvalue weighted by molar-refractivity contribution is 6.30. The van der Waals surface area contributed by atoms with Gasteiger partial charge in [0, 0.05) is 0 Å². The molecule has 1 fully saturated rings. The van der Waals surface area contributed by atoms with Crippen molar-refractivity contribution in [1.29, 1.82) is 0 Å². The van der Waals surface area contributed by atoms with Crippen LogP contribution in [0.4, 0.5) is 4.39 Å². The van der Waals surface area contributed by atoms with Gasteiger partial charge < -0.3 is 0 Å². The van der Waals surface area contributed by atoms with E-state index in [1.165, 1.54) is 12.1 Å². The van der Waals surface area contributed by atoms with E-state index in [9.17, 15) is 9.18 Å². The molecule has 0 N–H and O–H groups in total. The zero-order valence-electron chi connectivity index (χ0n) is 8.67. The van der Waals surface area contributed by atoms with Gasteiger partial charge in [0.05, 0.1) is 10.6 Å². The third-order valence-electron chi connectivity index (χ3n) is 3.15. The molecule has 0 bridgehead atoms. The normalized spacial score (nSPS) is 18.1. The number of benzene rings is 1. The maximum absolute atomic E-state index is 13.4. The largest absolute Gasteiger partial charge is 0.235 e. The van der Waals surface area contributed by atoms with E-state index in [0.717, 1.165) is 31.2 Å². The summed E-state index contributed by atoms with van der Waals surface area (Å²) in [5.41, 5.74) is 0.142. The van der Waals surface area contributed by atoms with Gasteiger partial charge in [-0.15, -0.1) is 0 Å². The minimum absolute atomic E-state index is 0.0898. The highest BCUT2D eigenvalue weighted by Gasteiger charge is 2.35. The zero-order valence-corrected chi connectivity index (χ0v) is 9.43. The lowest BCUT2D eigenvalue weighted by Crippen LogP contribution is -2.19. The molecule has 0 radical (unpaired) electrons. The molecule has 1 aliphatic carbocycles. The van der Waals surface area contributed by atoms with Crippen LogP contribution in [0.15, 0.2) is 23.2 Å². The fourth-order valence-electron chi connectivity index (χ4n) is 2.30. The number of halogens is 2. The quantitative estimate of drug-likeness (QED) is 0.573. The van der Waals surface area contributed by atoms with Gasteiger partial charge in [-0.1, -0.05) is 30.5 Å². The zero-order chi connectivity index (χ0) is 11.6. The third kappa shape index (κ3) is 1.89. The van der Waals surface area contributed by atoms with Gasteiger partial charge >= 0.3 is 0 Å². The number of isocyanates is 1.